The topological polar surface area (TPSA) is 90.6 Å². The van der Waals surface area contributed by atoms with Crippen molar-refractivity contribution in [2.45, 2.75) is 70.4 Å². The lowest BCUT2D eigenvalue weighted by molar-refractivity contribution is 0.153. The Hall–Kier alpha value is -2.74. The molecule has 32 heavy (non-hydrogen) atoms. The lowest BCUT2D eigenvalue weighted by Gasteiger charge is -2.23. The van der Waals surface area contributed by atoms with Gasteiger partial charge in [-0.1, -0.05) is 23.2 Å². The van der Waals surface area contributed by atoms with Gasteiger partial charge in [-0.15, -0.1) is 15.3 Å². The van der Waals surface area contributed by atoms with E-state index >= 15 is 0 Å². The van der Waals surface area contributed by atoms with Crippen LogP contribution in [0.25, 0.3) is 11.4 Å². The van der Waals surface area contributed by atoms with Crippen molar-refractivity contribution >= 4 is 17.4 Å². The quantitative estimate of drug-likeness (QED) is 0.547. The fraction of sp³-hybridized carbons (Fsp3) is 0.522. The van der Waals surface area contributed by atoms with Gasteiger partial charge in [0.05, 0.1) is 29.7 Å². The first kappa shape index (κ1) is 21.1. The first-order valence-corrected chi connectivity index (χ1v) is 11.8. The van der Waals surface area contributed by atoms with Gasteiger partial charge in [0.15, 0.2) is 11.0 Å². The molecule has 168 valence electrons. The lowest BCUT2D eigenvalue weighted by atomic mass is 9.98. The van der Waals surface area contributed by atoms with Crippen LogP contribution < -0.4 is 10.1 Å². The molecule has 3 heterocycles. The van der Waals surface area contributed by atoms with E-state index in [9.17, 15) is 0 Å². The van der Waals surface area contributed by atoms with E-state index in [2.05, 4.69) is 25.8 Å². The molecule has 2 aliphatic carbocycles. The Kier molecular flexibility index (Phi) is 5.95. The number of pyridine rings is 1. The van der Waals surface area contributed by atoms with Gasteiger partial charge >= 0.3 is 0 Å². The van der Waals surface area contributed by atoms with Crippen LogP contribution in [0.15, 0.2) is 18.2 Å². The maximum absolute atomic E-state index is 6.23. The van der Waals surface area contributed by atoms with E-state index in [0.29, 0.717) is 23.7 Å². The van der Waals surface area contributed by atoms with E-state index in [1.54, 1.807) is 4.68 Å². The molecule has 0 unspecified atom stereocenters. The first-order valence-electron chi connectivity index (χ1n) is 11.4. The van der Waals surface area contributed by atoms with E-state index in [1.807, 2.05) is 32.2 Å². The monoisotopic (exact) mass is 453 g/mol. The molecule has 8 nitrogen and oxygen atoms in total. The fourth-order valence-electron chi connectivity index (χ4n) is 4.33. The molecule has 0 spiro atoms. The molecule has 9 heteroatoms. The average Bonchev–Trinajstić information content (AvgIpc) is 3.58. The van der Waals surface area contributed by atoms with E-state index in [4.69, 9.17) is 21.3 Å². The largest absolute Gasteiger partial charge is 0.489 e. The molecule has 0 radical (unpaired) electrons. The van der Waals surface area contributed by atoms with Crippen LogP contribution >= 0.6 is 11.6 Å². The van der Waals surface area contributed by atoms with Gasteiger partial charge < -0.3 is 10.1 Å². The highest BCUT2D eigenvalue weighted by Crippen LogP contribution is 2.43. The Bertz CT molecular complexity index is 1110. The Labute approximate surface area is 192 Å². The third kappa shape index (κ3) is 4.55. The summed E-state index contributed by atoms with van der Waals surface area (Å²) in [5.41, 5.74) is 4.46. The maximum atomic E-state index is 6.23. The van der Waals surface area contributed by atoms with Crippen molar-refractivity contribution in [1.82, 2.24) is 30.2 Å². The number of anilines is 1. The summed E-state index contributed by atoms with van der Waals surface area (Å²) in [6, 6.07) is 5.89. The highest BCUT2D eigenvalue weighted by atomic mass is 35.5. The van der Waals surface area contributed by atoms with Crippen molar-refractivity contribution in [2.75, 3.05) is 5.32 Å². The van der Waals surface area contributed by atoms with Crippen molar-refractivity contribution in [2.24, 2.45) is 7.05 Å². The van der Waals surface area contributed by atoms with E-state index in [0.717, 1.165) is 65.6 Å². The fourth-order valence-corrected chi connectivity index (χ4v) is 4.49. The van der Waals surface area contributed by atoms with Crippen LogP contribution in [-0.4, -0.2) is 36.3 Å². The van der Waals surface area contributed by atoms with Gasteiger partial charge in [-0.3, -0.25) is 0 Å². The second-order valence-electron chi connectivity index (χ2n) is 8.77. The van der Waals surface area contributed by atoms with Gasteiger partial charge in [-0.25, -0.2) is 9.67 Å². The standard InChI is InChI=1S/C23H28ClN7O/c1-14-20(32-16-6-4-3-5-7-16)11-10-18(26-14)22-19(31(2)30-28-22)13-25-23-17(15-8-9-15)12-21(24)27-29-23/h10-12,15-16H,3-9,13H2,1-2H3,(H,25,29). The number of ether oxygens (including phenoxy) is 1. The smallest absolute Gasteiger partial charge is 0.152 e. The SMILES string of the molecule is Cc1nc(-c2nnn(C)c2CNc2nnc(Cl)cc2C2CC2)ccc1OC1CCCCC1. The lowest BCUT2D eigenvalue weighted by Crippen LogP contribution is -2.20. The minimum absolute atomic E-state index is 0.299. The van der Waals surface area contributed by atoms with Crippen molar-refractivity contribution in [3.05, 3.63) is 40.3 Å². The van der Waals surface area contributed by atoms with Crippen molar-refractivity contribution in [3.8, 4) is 17.1 Å². The van der Waals surface area contributed by atoms with Crippen LogP contribution in [-0.2, 0) is 13.6 Å². The van der Waals surface area contributed by atoms with E-state index in [-0.39, 0.29) is 0 Å². The number of rotatable bonds is 7. The summed E-state index contributed by atoms with van der Waals surface area (Å²) in [5, 5.41) is 20.7. The number of hydrogen-bond acceptors (Lipinski definition) is 7. The summed E-state index contributed by atoms with van der Waals surface area (Å²) in [5.74, 6) is 2.13. The molecular formula is C23H28ClN7O. The molecule has 0 atom stereocenters. The Morgan fingerprint density at radius 2 is 1.91 bits per heavy atom. The number of halogens is 1. The summed E-state index contributed by atoms with van der Waals surface area (Å²) >= 11 is 6.06. The second kappa shape index (κ2) is 9.02. The predicted octanol–water partition coefficient (Wildman–Crippen LogP) is 4.83. The van der Waals surface area contributed by atoms with Gasteiger partial charge in [0.25, 0.3) is 0 Å². The molecule has 2 aliphatic rings. The van der Waals surface area contributed by atoms with Gasteiger partial charge in [-0.05, 0) is 69.6 Å². The van der Waals surface area contributed by atoms with Gasteiger partial charge in [0.2, 0.25) is 0 Å². The number of nitrogens with one attached hydrogen (secondary N) is 1. The van der Waals surface area contributed by atoms with Crippen LogP contribution in [0.2, 0.25) is 5.15 Å². The summed E-state index contributed by atoms with van der Waals surface area (Å²) < 4.78 is 8.00. The molecule has 3 aromatic rings. The zero-order chi connectivity index (χ0) is 22.1. The molecule has 0 aliphatic heterocycles. The summed E-state index contributed by atoms with van der Waals surface area (Å²) in [6.07, 6.45) is 8.66. The molecule has 1 N–H and O–H groups in total. The number of nitrogens with zero attached hydrogens (tertiary/aromatic N) is 6. The van der Waals surface area contributed by atoms with Crippen molar-refractivity contribution in [3.63, 3.8) is 0 Å². The van der Waals surface area contributed by atoms with E-state index < -0.39 is 0 Å². The Morgan fingerprint density at radius 1 is 1.09 bits per heavy atom. The van der Waals surface area contributed by atoms with Gasteiger partial charge in [-0.2, -0.15) is 0 Å². The first-order chi connectivity index (χ1) is 15.6. The predicted molar refractivity (Wildman–Crippen MR) is 123 cm³/mol. The molecule has 0 aromatic carbocycles. The minimum Gasteiger partial charge on any atom is -0.489 e. The van der Waals surface area contributed by atoms with Crippen LogP contribution in [0.4, 0.5) is 5.82 Å². The molecule has 2 saturated carbocycles. The average molecular weight is 454 g/mol. The molecular weight excluding hydrogens is 426 g/mol. The van der Waals surface area contributed by atoms with Crippen molar-refractivity contribution < 1.29 is 4.74 Å². The van der Waals surface area contributed by atoms with Gasteiger partial charge in [0.1, 0.15) is 11.4 Å². The van der Waals surface area contributed by atoms with Crippen LogP contribution in [0.3, 0.4) is 0 Å². The molecule has 3 aromatic heterocycles. The molecule has 0 bridgehead atoms. The number of hydrogen-bond donors (Lipinski definition) is 1. The number of aryl methyl sites for hydroxylation is 2. The van der Waals surface area contributed by atoms with Crippen LogP contribution in [0.5, 0.6) is 5.75 Å². The normalized spacial score (nSPS) is 16.8. The summed E-state index contributed by atoms with van der Waals surface area (Å²) in [4.78, 5) is 4.79. The van der Waals surface area contributed by atoms with Crippen molar-refractivity contribution in [1.29, 1.82) is 0 Å². The molecule has 0 amide bonds. The Balaban J connectivity index is 1.34. The highest BCUT2D eigenvalue weighted by molar-refractivity contribution is 6.29. The van der Waals surface area contributed by atoms with E-state index in [1.165, 1.54) is 19.3 Å². The molecule has 2 fully saturated rings. The Morgan fingerprint density at radius 3 is 2.66 bits per heavy atom. The molecule has 0 saturated heterocycles. The highest BCUT2D eigenvalue weighted by Gasteiger charge is 2.28. The summed E-state index contributed by atoms with van der Waals surface area (Å²) in [6.45, 7) is 2.50. The second-order valence-corrected chi connectivity index (χ2v) is 9.15. The zero-order valence-electron chi connectivity index (χ0n) is 18.5. The number of aromatic nitrogens is 6. The van der Waals surface area contributed by atoms with Crippen LogP contribution in [0.1, 0.15) is 67.8 Å². The third-order valence-electron chi connectivity index (χ3n) is 6.30. The zero-order valence-corrected chi connectivity index (χ0v) is 19.3. The van der Waals surface area contributed by atoms with Crippen LogP contribution in [0, 0.1) is 6.92 Å². The van der Waals surface area contributed by atoms with Gasteiger partial charge in [0, 0.05) is 12.6 Å². The minimum atomic E-state index is 0.299. The maximum Gasteiger partial charge on any atom is 0.152 e. The molecule has 5 rings (SSSR count). The third-order valence-corrected chi connectivity index (χ3v) is 6.49. The summed E-state index contributed by atoms with van der Waals surface area (Å²) in [7, 11) is 1.89.